The third-order valence-electron chi connectivity index (χ3n) is 4.38. The third-order valence-corrected chi connectivity index (χ3v) is 5.84. The van der Waals surface area contributed by atoms with Gasteiger partial charge in [0.1, 0.15) is 5.69 Å². The number of sulfonamides is 1. The van der Waals surface area contributed by atoms with E-state index >= 15 is 0 Å². The minimum Gasteiger partial charge on any atom is -0.393 e. The van der Waals surface area contributed by atoms with Crippen molar-refractivity contribution in [1.29, 1.82) is 0 Å². The second-order valence-electron chi connectivity index (χ2n) is 6.79. The van der Waals surface area contributed by atoms with Gasteiger partial charge in [-0.3, -0.25) is 10.1 Å². The standard InChI is InChI=1S/C16H26N4O5S/c1-19(2)10-9-17-26(24,25)14-7-8-15(16(11-14)20(22)23)18-12-3-5-13(21)6-4-12/h7-8,11-13,17-18,21H,3-6,9-10H2,1-2H3. The van der Waals surface area contributed by atoms with Gasteiger partial charge in [0.05, 0.1) is 15.9 Å². The van der Waals surface area contributed by atoms with Crippen molar-refractivity contribution in [2.24, 2.45) is 0 Å². The Kier molecular flexibility index (Phi) is 6.93. The molecule has 1 aliphatic carbocycles. The lowest BCUT2D eigenvalue weighted by Crippen LogP contribution is -2.31. The maximum Gasteiger partial charge on any atom is 0.293 e. The van der Waals surface area contributed by atoms with Gasteiger partial charge in [-0.1, -0.05) is 0 Å². The Bertz CT molecular complexity index is 730. The molecule has 9 nitrogen and oxygen atoms in total. The summed E-state index contributed by atoms with van der Waals surface area (Å²) in [5.41, 5.74) is 0.0234. The fourth-order valence-corrected chi connectivity index (χ4v) is 3.92. The van der Waals surface area contributed by atoms with Crippen LogP contribution >= 0.6 is 0 Å². The first kappa shape index (κ1) is 20.6. The lowest BCUT2D eigenvalue weighted by molar-refractivity contribution is -0.384. The summed E-state index contributed by atoms with van der Waals surface area (Å²) >= 11 is 0. The molecule has 0 amide bonds. The normalized spacial score (nSPS) is 20.9. The molecule has 1 aromatic carbocycles. The van der Waals surface area contributed by atoms with E-state index in [1.807, 2.05) is 19.0 Å². The summed E-state index contributed by atoms with van der Waals surface area (Å²) < 4.78 is 27.1. The molecule has 0 aromatic heterocycles. The molecule has 0 aliphatic heterocycles. The molecule has 26 heavy (non-hydrogen) atoms. The van der Waals surface area contributed by atoms with E-state index in [4.69, 9.17) is 0 Å². The van der Waals surface area contributed by atoms with E-state index < -0.39 is 14.9 Å². The van der Waals surface area contributed by atoms with Crippen LogP contribution in [0.1, 0.15) is 25.7 Å². The van der Waals surface area contributed by atoms with Crippen molar-refractivity contribution in [2.45, 2.75) is 42.7 Å². The molecule has 0 spiro atoms. The van der Waals surface area contributed by atoms with Crippen LogP contribution in [0.25, 0.3) is 0 Å². The topological polar surface area (TPSA) is 125 Å². The average Bonchev–Trinajstić information content (AvgIpc) is 2.56. The van der Waals surface area contributed by atoms with Gasteiger partial charge in [-0.05, 0) is 51.9 Å². The molecule has 146 valence electrons. The highest BCUT2D eigenvalue weighted by Crippen LogP contribution is 2.30. The van der Waals surface area contributed by atoms with Crippen LogP contribution in [0.2, 0.25) is 0 Å². The molecule has 0 atom stereocenters. The molecule has 0 heterocycles. The summed E-state index contributed by atoms with van der Waals surface area (Å²) in [6.45, 7) is 0.738. The molecular formula is C16H26N4O5S. The fourth-order valence-electron chi connectivity index (χ4n) is 2.88. The summed E-state index contributed by atoms with van der Waals surface area (Å²) in [6, 6.07) is 3.91. The number of aliphatic hydroxyl groups excluding tert-OH is 1. The quantitative estimate of drug-likeness (QED) is 0.452. The van der Waals surface area contributed by atoms with E-state index in [0.29, 0.717) is 37.9 Å². The number of rotatable bonds is 8. The van der Waals surface area contributed by atoms with E-state index in [1.54, 1.807) is 0 Å². The number of nitrogens with one attached hydrogen (secondary N) is 2. The average molecular weight is 386 g/mol. The van der Waals surface area contributed by atoms with Crippen molar-refractivity contribution in [1.82, 2.24) is 9.62 Å². The van der Waals surface area contributed by atoms with Crippen molar-refractivity contribution < 1.29 is 18.4 Å². The van der Waals surface area contributed by atoms with Crippen molar-refractivity contribution in [3.63, 3.8) is 0 Å². The summed E-state index contributed by atoms with van der Waals surface area (Å²) in [5.74, 6) is 0. The van der Waals surface area contributed by atoms with E-state index in [-0.39, 0.29) is 29.3 Å². The molecule has 1 aromatic rings. The number of aliphatic hydroxyl groups is 1. The fraction of sp³-hybridized carbons (Fsp3) is 0.625. The van der Waals surface area contributed by atoms with E-state index in [9.17, 15) is 23.6 Å². The van der Waals surface area contributed by atoms with Crippen LogP contribution in [-0.4, -0.2) is 62.7 Å². The minimum absolute atomic E-state index is 0.0257. The number of nitrogens with zero attached hydrogens (tertiary/aromatic N) is 2. The maximum absolute atomic E-state index is 12.3. The molecule has 1 aliphatic rings. The van der Waals surface area contributed by atoms with Gasteiger partial charge in [0, 0.05) is 25.2 Å². The largest absolute Gasteiger partial charge is 0.393 e. The number of nitro benzene ring substituents is 1. The smallest absolute Gasteiger partial charge is 0.293 e. The molecule has 0 bridgehead atoms. The minimum atomic E-state index is -3.81. The van der Waals surface area contributed by atoms with Gasteiger partial charge in [-0.15, -0.1) is 0 Å². The number of hydrogen-bond acceptors (Lipinski definition) is 7. The number of likely N-dealkylation sites (N-methyl/N-ethyl adjacent to an activating group) is 1. The van der Waals surface area contributed by atoms with Gasteiger partial charge < -0.3 is 15.3 Å². The number of hydrogen-bond donors (Lipinski definition) is 3. The Morgan fingerprint density at radius 2 is 1.92 bits per heavy atom. The molecule has 10 heteroatoms. The number of benzene rings is 1. The number of anilines is 1. The summed E-state index contributed by atoms with van der Waals surface area (Å²) in [5, 5.41) is 24.1. The van der Waals surface area contributed by atoms with Crippen molar-refractivity contribution in [3.05, 3.63) is 28.3 Å². The molecule has 1 saturated carbocycles. The molecule has 1 fully saturated rings. The van der Waals surface area contributed by atoms with Crippen LogP contribution < -0.4 is 10.0 Å². The Labute approximate surface area is 153 Å². The third kappa shape index (κ3) is 5.63. The Balaban J connectivity index is 2.16. The first-order chi connectivity index (χ1) is 12.2. The molecule has 0 saturated heterocycles. The van der Waals surface area contributed by atoms with Crippen LogP contribution in [-0.2, 0) is 10.0 Å². The van der Waals surface area contributed by atoms with Gasteiger partial charge in [-0.25, -0.2) is 13.1 Å². The summed E-state index contributed by atoms with van der Waals surface area (Å²) in [4.78, 5) is 12.5. The van der Waals surface area contributed by atoms with Crippen molar-refractivity contribution >= 4 is 21.4 Å². The highest BCUT2D eigenvalue weighted by atomic mass is 32.2. The van der Waals surface area contributed by atoms with Gasteiger partial charge in [0.15, 0.2) is 0 Å². The maximum atomic E-state index is 12.3. The van der Waals surface area contributed by atoms with E-state index in [2.05, 4.69) is 10.0 Å². The lowest BCUT2D eigenvalue weighted by Gasteiger charge is -2.26. The van der Waals surface area contributed by atoms with Crippen molar-refractivity contribution in [3.8, 4) is 0 Å². The summed E-state index contributed by atoms with van der Waals surface area (Å²) in [7, 11) is -0.164. The zero-order chi connectivity index (χ0) is 19.3. The highest BCUT2D eigenvalue weighted by molar-refractivity contribution is 7.89. The van der Waals surface area contributed by atoms with Crippen molar-refractivity contribution in [2.75, 3.05) is 32.5 Å². The zero-order valence-electron chi connectivity index (χ0n) is 15.0. The van der Waals surface area contributed by atoms with Gasteiger partial charge in [-0.2, -0.15) is 0 Å². The summed E-state index contributed by atoms with van der Waals surface area (Å²) in [6.07, 6.45) is 2.40. The van der Waals surface area contributed by atoms with Crippen LogP contribution in [0.4, 0.5) is 11.4 Å². The second kappa shape index (κ2) is 8.76. The number of nitro groups is 1. The van der Waals surface area contributed by atoms with Crippen LogP contribution in [0, 0.1) is 10.1 Å². The molecule has 0 radical (unpaired) electrons. The van der Waals surface area contributed by atoms with Gasteiger partial charge in [0.25, 0.3) is 5.69 Å². The lowest BCUT2D eigenvalue weighted by atomic mass is 9.93. The zero-order valence-corrected chi connectivity index (χ0v) is 15.8. The highest BCUT2D eigenvalue weighted by Gasteiger charge is 2.25. The van der Waals surface area contributed by atoms with Gasteiger partial charge >= 0.3 is 0 Å². The van der Waals surface area contributed by atoms with E-state index in [0.717, 1.165) is 6.07 Å². The predicted octanol–water partition coefficient (Wildman–Crippen LogP) is 1.15. The van der Waals surface area contributed by atoms with E-state index in [1.165, 1.54) is 12.1 Å². The first-order valence-electron chi connectivity index (χ1n) is 8.56. The Morgan fingerprint density at radius 1 is 1.27 bits per heavy atom. The van der Waals surface area contributed by atoms with Crippen LogP contribution in [0.3, 0.4) is 0 Å². The predicted molar refractivity (Wildman–Crippen MR) is 98.7 cm³/mol. The Hall–Kier alpha value is -1.75. The SMILES string of the molecule is CN(C)CCNS(=O)(=O)c1ccc(NC2CCC(O)CC2)c([N+](=O)[O-])c1. The first-order valence-corrected chi connectivity index (χ1v) is 10.0. The molecule has 3 N–H and O–H groups in total. The molecule has 2 rings (SSSR count). The second-order valence-corrected chi connectivity index (χ2v) is 8.55. The monoisotopic (exact) mass is 386 g/mol. The molecule has 0 unspecified atom stereocenters. The van der Waals surface area contributed by atoms with Crippen LogP contribution in [0.15, 0.2) is 23.1 Å². The molecular weight excluding hydrogens is 360 g/mol. The van der Waals surface area contributed by atoms with Gasteiger partial charge in [0.2, 0.25) is 10.0 Å². The Morgan fingerprint density at radius 3 is 2.50 bits per heavy atom. The van der Waals surface area contributed by atoms with Crippen LogP contribution in [0.5, 0.6) is 0 Å².